The van der Waals surface area contributed by atoms with E-state index in [1.165, 1.54) is 29.6 Å². The fourth-order valence-corrected chi connectivity index (χ4v) is 3.31. The number of pyridine rings is 1. The molecule has 21 heavy (non-hydrogen) atoms. The van der Waals surface area contributed by atoms with Crippen molar-refractivity contribution in [3.63, 3.8) is 0 Å². The summed E-state index contributed by atoms with van der Waals surface area (Å²) in [5.74, 6) is 0.640. The summed E-state index contributed by atoms with van der Waals surface area (Å²) in [4.78, 5) is 7.28. The Morgan fingerprint density at radius 3 is 3.00 bits per heavy atom. The predicted octanol–water partition coefficient (Wildman–Crippen LogP) is 3.66. The van der Waals surface area contributed by atoms with Crippen LogP contribution in [0.5, 0.6) is 0 Å². The van der Waals surface area contributed by atoms with Gasteiger partial charge in [0, 0.05) is 37.0 Å². The highest BCUT2D eigenvalue weighted by Gasteiger charge is 2.21. The van der Waals surface area contributed by atoms with Crippen molar-refractivity contribution in [3.05, 3.63) is 36.0 Å². The van der Waals surface area contributed by atoms with Crippen LogP contribution < -0.4 is 4.90 Å². The van der Waals surface area contributed by atoms with Crippen LogP contribution in [0.1, 0.15) is 25.5 Å². The van der Waals surface area contributed by atoms with Crippen molar-refractivity contribution in [3.8, 4) is 0 Å². The monoisotopic (exact) mass is 284 g/mol. The number of anilines is 1. The zero-order valence-electron chi connectivity index (χ0n) is 13.0. The van der Waals surface area contributed by atoms with Crippen molar-refractivity contribution in [1.82, 2.24) is 4.98 Å². The number of aryl methyl sites for hydroxylation is 1. The fourth-order valence-electron chi connectivity index (χ4n) is 3.31. The van der Waals surface area contributed by atoms with Crippen LogP contribution in [0.15, 0.2) is 30.3 Å². The Morgan fingerprint density at radius 2 is 2.19 bits per heavy atom. The molecular weight excluding hydrogens is 260 g/mol. The molecule has 3 rings (SSSR count). The van der Waals surface area contributed by atoms with Gasteiger partial charge in [0.05, 0.1) is 12.1 Å². The van der Waals surface area contributed by atoms with Gasteiger partial charge in [0.15, 0.2) is 0 Å². The second-order valence-corrected chi connectivity index (χ2v) is 5.91. The van der Waals surface area contributed by atoms with Crippen LogP contribution in [0, 0.1) is 5.92 Å². The van der Waals surface area contributed by atoms with Gasteiger partial charge >= 0.3 is 0 Å². The number of hydrogen-bond acceptors (Lipinski definition) is 3. The van der Waals surface area contributed by atoms with Gasteiger partial charge in [0.2, 0.25) is 0 Å². The molecule has 1 atom stereocenters. The first-order chi connectivity index (χ1) is 10.3. The molecular formula is C18H24N2O. The zero-order chi connectivity index (χ0) is 14.7. The summed E-state index contributed by atoms with van der Waals surface area (Å²) in [5, 5.41) is 1.27. The Bertz CT molecular complexity index is 609. The smallest absolute Gasteiger partial charge is 0.0726 e. The van der Waals surface area contributed by atoms with Crippen LogP contribution in [-0.2, 0) is 11.2 Å². The summed E-state index contributed by atoms with van der Waals surface area (Å²) in [7, 11) is 1.80. The Hall–Kier alpha value is -1.61. The lowest BCUT2D eigenvalue weighted by molar-refractivity contribution is 0.143. The molecule has 0 bridgehead atoms. The molecule has 0 N–H and O–H groups in total. The topological polar surface area (TPSA) is 25.4 Å². The first-order valence-corrected chi connectivity index (χ1v) is 7.94. The van der Waals surface area contributed by atoms with Crippen LogP contribution in [0.25, 0.3) is 10.9 Å². The Labute approximate surface area is 126 Å². The van der Waals surface area contributed by atoms with Crippen molar-refractivity contribution in [2.75, 3.05) is 31.7 Å². The van der Waals surface area contributed by atoms with Gasteiger partial charge in [0.25, 0.3) is 0 Å². The second-order valence-electron chi connectivity index (χ2n) is 5.91. The Kier molecular flexibility index (Phi) is 4.39. The number of ether oxygens (including phenoxy) is 1. The van der Waals surface area contributed by atoms with Crippen LogP contribution >= 0.6 is 0 Å². The highest BCUT2D eigenvalue weighted by atomic mass is 16.5. The second kappa shape index (κ2) is 6.44. The molecule has 1 aromatic carbocycles. The molecule has 1 aliphatic heterocycles. The van der Waals surface area contributed by atoms with Gasteiger partial charge in [-0.1, -0.05) is 25.1 Å². The van der Waals surface area contributed by atoms with E-state index in [-0.39, 0.29) is 0 Å². The van der Waals surface area contributed by atoms with Crippen LogP contribution in [0.4, 0.5) is 5.69 Å². The van der Waals surface area contributed by atoms with Gasteiger partial charge in [0.1, 0.15) is 0 Å². The van der Waals surface area contributed by atoms with Gasteiger partial charge in [-0.15, -0.1) is 0 Å². The van der Waals surface area contributed by atoms with Gasteiger partial charge in [-0.05, 0) is 37.3 Å². The number of benzene rings is 1. The Balaban J connectivity index is 1.98. The third-order valence-corrected chi connectivity index (χ3v) is 4.37. The van der Waals surface area contributed by atoms with Crippen LogP contribution in [0.2, 0.25) is 0 Å². The maximum absolute atomic E-state index is 5.36. The van der Waals surface area contributed by atoms with E-state index in [0.29, 0.717) is 5.92 Å². The number of fused-ring (bicyclic) bond motifs is 1. The summed E-state index contributed by atoms with van der Waals surface area (Å²) in [6, 6.07) is 10.8. The lowest BCUT2D eigenvalue weighted by Crippen LogP contribution is -2.37. The minimum absolute atomic E-state index is 0.640. The summed E-state index contributed by atoms with van der Waals surface area (Å²) in [6.45, 7) is 5.26. The number of hydrogen-bond donors (Lipinski definition) is 0. The highest BCUT2D eigenvalue weighted by molar-refractivity contribution is 5.92. The fraction of sp³-hybridized carbons (Fsp3) is 0.500. The lowest BCUT2D eigenvalue weighted by Gasteiger charge is -2.35. The largest absolute Gasteiger partial charge is 0.384 e. The minimum atomic E-state index is 0.640. The quantitative estimate of drug-likeness (QED) is 0.856. The SMILES string of the molecule is CCc1cc(N2CCCC(COC)C2)c2ccccc2n1. The molecule has 1 unspecified atom stereocenters. The molecule has 0 saturated carbocycles. The first kappa shape index (κ1) is 14.3. The van der Waals surface area contributed by atoms with Crippen molar-refractivity contribution >= 4 is 16.6 Å². The number of methoxy groups -OCH3 is 1. The van der Waals surface area contributed by atoms with Gasteiger partial charge in [-0.3, -0.25) is 4.98 Å². The average molecular weight is 284 g/mol. The third kappa shape index (κ3) is 3.03. The number of rotatable bonds is 4. The van der Waals surface area contributed by atoms with E-state index in [2.05, 4.69) is 42.2 Å². The Morgan fingerprint density at radius 1 is 1.33 bits per heavy atom. The molecule has 1 fully saturated rings. The minimum Gasteiger partial charge on any atom is -0.384 e. The molecule has 0 aliphatic carbocycles. The van der Waals surface area contributed by atoms with Gasteiger partial charge < -0.3 is 9.64 Å². The van der Waals surface area contributed by atoms with E-state index >= 15 is 0 Å². The van der Waals surface area contributed by atoms with Crippen LogP contribution in [-0.4, -0.2) is 31.8 Å². The molecule has 0 spiro atoms. The summed E-state index contributed by atoms with van der Waals surface area (Å²) in [5.41, 5.74) is 3.64. The maximum atomic E-state index is 5.36. The lowest BCUT2D eigenvalue weighted by atomic mass is 9.97. The molecule has 3 heteroatoms. The molecule has 1 aliphatic rings. The van der Waals surface area contributed by atoms with Crippen molar-refractivity contribution < 1.29 is 4.74 Å². The highest BCUT2D eigenvalue weighted by Crippen LogP contribution is 2.30. The normalized spacial score (nSPS) is 19.1. The number of nitrogens with zero attached hydrogens (tertiary/aromatic N) is 2. The number of aromatic nitrogens is 1. The van der Waals surface area contributed by atoms with Crippen molar-refractivity contribution in [2.45, 2.75) is 26.2 Å². The van der Waals surface area contributed by atoms with E-state index in [0.717, 1.165) is 31.6 Å². The molecule has 112 valence electrons. The van der Waals surface area contributed by atoms with Gasteiger partial charge in [-0.2, -0.15) is 0 Å². The third-order valence-electron chi connectivity index (χ3n) is 4.37. The molecule has 2 aromatic rings. The van der Waals surface area contributed by atoms with Crippen LogP contribution in [0.3, 0.4) is 0 Å². The van der Waals surface area contributed by atoms with Crippen molar-refractivity contribution in [1.29, 1.82) is 0 Å². The standard InChI is InChI=1S/C18H24N2O/c1-3-15-11-18(16-8-4-5-9-17(16)19-15)20-10-6-7-14(12-20)13-21-2/h4-5,8-9,11,14H,3,6-7,10,12-13H2,1-2H3. The van der Waals surface area contributed by atoms with Crippen molar-refractivity contribution in [2.24, 2.45) is 5.92 Å². The predicted molar refractivity (Wildman–Crippen MR) is 87.9 cm³/mol. The zero-order valence-corrected chi connectivity index (χ0v) is 13.0. The first-order valence-electron chi connectivity index (χ1n) is 7.94. The van der Waals surface area contributed by atoms with E-state index in [4.69, 9.17) is 9.72 Å². The summed E-state index contributed by atoms with van der Waals surface area (Å²) in [6.07, 6.45) is 3.49. The molecule has 0 radical (unpaired) electrons. The van der Waals surface area contributed by atoms with E-state index in [9.17, 15) is 0 Å². The maximum Gasteiger partial charge on any atom is 0.0726 e. The van der Waals surface area contributed by atoms with E-state index in [1.807, 2.05) is 0 Å². The number of para-hydroxylation sites is 1. The average Bonchev–Trinajstić information content (AvgIpc) is 2.54. The molecule has 3 nitrogen and oxygen atoms in total. The molecule has 0 amide bonds. The summed E-state index contributed by atoms with van der Waals surface area (Å²) < 4.78 is 5.36. The van der Waals surface area contributed by atoms with E-state index < -0.39 is 0 Å². The summed E-state index contributed by atoms with van der Waals surface area (Å²) >= 11 is 0. The van der Waals surface area contributed by atoms with Gasteiger partial charge in [-0.25, -0.2) is 0 Å². The molecule has 1 aromatic heterocycles. The molecule has 1 saturated heterocycles. The van der Waals surface area contributed by atoms with E-state index in [1.54, 1.807) is 7.11 Å². The molecule has 2 heterocycles. The number of piperidine rings is 1.